The van der Waals surface area contributed by atoms with Gasteiger partial charge in [0.2, 0.25) is 11.8 Å². The molecule has 0 bridgehead atoms. The number of rotatable bonds is 6. The van der Waals surface area contributed by atoms with E-state index < -0.39 is 29.9 Å². The number of amides is 5. The van der Waals surface area contributed by atoms with Crippen LogP contribution >= 0.6 is 11.3 Å². The number of aromatic nitrogens is 1. The first-order chi connectivity index (χ1) is 16.2. The van der Waals surface area contributed by atoms with E-state index in [2.05, 4.69) is 20.9 Å². The van der Waals surface area contributed by atoms with E-state index in [1.165, 1.54) is 18.3 Å². The van der Waals surface area contributed by atoms with Gasteiger partial charge in [-0.25, -0.2) is 9.78 Å². The van der Waals surface area contributed by atoms with Gasteiger partial charge in [-0.2, -0.15) is 0 Å². The highest BCUT2D eigenvalue weighted by molar-refractivity contribution is 7.14. The number of hydrogen-bond donors (Lipinski definition) is 3. The normalized spacial score (nSPS) is 17.4. The molecule has 1 aliphatic rings. The van der Waals surface area contributed by atoms with Gasteiger partial charge in [0.1, 0.15) is 12.1 Å². The largest absolute Gasteiger partial charge is 0.326 e. The van der Waals surface area contributed by atoms with Crippen LogP contribution in [-0.4, -0.2) is 40.2 Å². The fourth-order valence-electron chi connectivity index (χ4n) is 3.62. The van der Waals surface area contributed by atoms with E-state index in [0.29, 0.717) is 22.1 Å². The lowest BCUT2D eigenvalue weighted by atomic mass is 9.91. The first-order valence-corrected chi connectivity index (χ1v) is 11.4. The van der Waals surface area contributed by atoms with E-state index in [4.69, 9.17) is 0 Å². The lowest BCUT2D eigenvalue weighted by Gasteiger charge is -2.22. The molecular formula is C24H23N5O4S. The Morgan fingerprint density at radius 1 is 1.06 bits per heavy atom. The smallest absolute Gasteiger partial charge is 0.325 e. The number of thiazole rings is 1. The number of nitrogens with one attached hydrogen (secondary N) is 3. The summed E-state index contributed by atoms with van der Waals surface area (Å²) in [7, 11) is 0. The van der Waals surface area contributed by atoms with E-state index in [-0.39, 0.29) is 5.91 Å². The lowest BCUT2D eigenvalue weighted by molar-refractivity contribution is -0.133. The third-order valence-corrected chi connectivity index (χ3v) is 6.21. The van der Waals surface area contributed by atoms with Gasteiger partial charge in [-0.1, -0.05) is 42.0 Å². The second-order valence-electron chi connectivity index (χ2n) is 8.16. The topological polar surface area (TPSA) is 121 Å². The summed E-state index contributed by atoms with van der Waals surface area (Å²) in [6.45, 7) is 4.57. The fourth-order valence-corrected chi connectivity index (χ4v) is 4.35. The van der Waals surface area contributed by atoms with Crippen LogP contribution in [0.25, 0.3) is 11.3 Å². The van der Waals surface area contributed by atoms with Gasteiger partial charge in [-0.05, 0) is 31.5 Å². The maximum Gasteiger partial charge on any atom is 0.325 e. The predicted octanol–water partition coefficient (Wildman–Crippen LogP) is 3.48. The summed E-state index contributed by atoms with van der Waals surface area (Å²) in [4.78, 5) is 54.5. The lowest BCUT2D eigenvalue weighted by Crippen LogP contribution is -2.42. The minimum absolute atomic E-state index is 0.157. The number of imide groups is 1. The minimum atomic E-state index is -1.23. The average Bonchev–Trinajstić information content (AvgIpc) is 3.33. The van der Waals surface area contributed by atoms with E-state index >= 15 is 0 Å². The molecule has 4 rings (SSSR count). The molecule has 1 fully saturated rings. The van der Waals surface area contributed by atoms with Crippen molar-refractivity contribution in [1.82, 2.24) is 15.2 Å². The van der Waals surface area contributed by atoms with Crippen LogP contribution in [-0.2, 0) is 19.9 Å². The maximum atomic E-state index is 13.0. The molecule has 174 valence electrons. The molecule has 2 aromatic carbocycles. The minimum Gasteiger partial charge on any atom is -0.326 e. The summed E-state index contributed by atoms with van der Waals surface area (Å²) in [6.07, 6.45) is 0. The number of benzene rings is 2. The second kappa shape index (κ2) is 9.06. The number of anilines is 2. The number of carbonyl (C=O) groups is 4. The second-order valence-corrected chi connectivity index (χ2v) is 9.02. The zero-order valence-electron chi connectivity index (χ0n) is 18.8. The maximum absolute atomic E-state index is 13.0. The molecular weight excluding hydrogens is 454 g/mol. The quantitative estimate of drug-likeness (QED) is 0.470. The number of carbonyl (C=O) groups excluding carboxylic acids is 4. The highest BCUT2D eigenvalue weighted by Crippen LogP contribution is 2.29. The van der Waals surface area contributed by atoms with Gasteiger partial charge >= 0.3 is 6.03 Å². The third kappa shape index (κ3) is 4.67. The molecule has 2 heterocycles. The first-order valence-electron chi connectivity index (χ1n) is 10.5. The molecule has 0 radical (unpaired) electrons. The molecule has 1 atom stereocenters. The Morgan fingerprint density at radius 3 is 2.38 bits per heavy atom. The van der Waals surface area contributed by atoms with Crippen LogP contribution in [0, 0.1) is 6.92 Å². The highest BCUT2D eigenvalue weighted by Gasteiger charge is 2.49. The highest BCUT2D eigenvalue weighted by atomic mass is 32.1. The molecule has 0 saturated carbocycles. The fraction of sp³-hybridized carbons (Fsp3) is 0.208. The Hall–Kier alpha value is -4.05. The molecule has 0 spiro atoms. The van der Waals surface area contributed by atoms with Crippen molar-refractivity contribution in [2.24, 2.45) is 0 Å². The van der Waals surface area contributed by atoms with Gasteiger partial charge in [0, 0.05) is 23.6 Å². The molecule has 34 heavy (non-hydrogen) atoms. The van der Waals surface area contributed by atoms with Gasteiger partial charge < -0.3 is 16.0 Å². The molecule has 1 unspecified atom stereocenters. The third-order valence-electron chi connectivity index (χ3n) is 5.46. The summed E-state index contributed by atoms with van der Waals surface area (Å²) >= 11 is 1.23. The van der Waals surface area contributed by atoms with Crippen molar-refractivity contribution in [1.29, 1.82) is 0 Å². The predicted molar refractivity (Wildman–Crippen MR) is 129 cm³/mol. The number of aryl methyl sites for hydroxylation is 1. The van der Waals surface area contributed by atoms with E-state index in [1.54, 1.807) is 36.6 Å². The van der Waals surface area contributed by atoms with Gasteiger partial charge in [0.25, 0.3) is 5.91 Å². The Kier molecular flexibility index (Phi) is 6.16. The van der Waals surface area contributed by atoms with Crippen LogP contribution in [0.4, 0.5) is 15.6 Å². The molecule has 10 heteroatoms. The van der Waals surface area contributed by atoms with Gasteiger partial charge in [0.05, 0.1) is 5.69 Å². The average molecular weight is 478 g/mol. The van der Waals surface area contributed by atoms with Crippen molar-refractivity contribution in [3.05, 3.63) is 65.0 Å². The molecule has 1 aromatic heterocycles. The summed E-state index contributed by atoms with van der Waals surface area (Å²) in [5.74, 6) is -1.18. The SMILES string of the molecule is CC(=O)Nc1ccc(-c2csc(NC(=O)CN3C(=O)NC(C)(c4ccc(C)cc4)C3=O)n2)cc1. The Morgan fingerprint density at radius 2 is 1.74 bits per heavy atom. The van der Waals surface area contributed by atoms with Crippen molar-refractivity contribution in [3.8, 4) is 11.3 Å². The summed E-state index contributed by atoms with van der Waals surface area (Å²) in [5, 5.41) is 10.2. The number of hydrogen-bond acceptors (Lipinski definition) is 6. The summed E-state index contributed by atoms with van der Waals surface area (Å²) in [6, 6.07) is 13.8. The molecule has 0 aliphatic carbocycles. The number of urea groups is 1. The Labute approximate surface area is 200 Å². The molecule has 9 nitrogen and oxygen atoms in total. The monoisotopic (exact) mass is 477 g/mol. The zero-order valence-corrected chi connectivity index (χ0v) is 19.7. The van der Waals surface area contributed by atoms with Gasteiger partial charge in [-0.15, -0.1) is 11.3 Å². The molecule has 1 saturated heterocycles. The van der Waals surface area contributed by atoms with Crippen LogP contribution in [0.1, 0.15) is 25.0 Å². The molecule has 5 amide bonds. The number of nitrogens with zero attached hydrogens (tertiary/aromatic N) is 2. The van der Waals surface area contributed by atoms with Crippen LogP contribution < -0.4 is 16.0 Å². The van der Waals surface area contributed by atoms with E-state index in [1.807, 2.05) is 31.2 Å². The van der Waals surface area contributed by atoms with E-state index in [0.717, 1.165) is 16.0 Å². The van der Waals surface area contributed by atoms with Gasteiger partial charge in [-0.3, -0.25) is 19.3 Å². The Bertz CT molecular complexity index is 1270. The van der Waals surface area contributed by atoms with Crippen molar-refractivity contribution < 1.29 is 19.2 Å². The summed E-state index contributed by atoms with van der Waals surface area (Å²) in [5.41, 5.74) is 2.58. The van der Waals surface area contributed by atoms with Crippen molar-refractivity contribution >= 4 is 45.9 Å². The Balaban J connectivity index is 1.41. The molecule has 3 aromatic rings. The standard InChI is InChI=1S/C24H23N5O4S/c1-14-4-8-17(9-5-14)24(3)21(32)29(23(33)28-24)12-20(31)27-22-26-19(13-34-22)16-6-10-18(11-7-16)25-15(2)30/h4-11,13H,12H2,1-3H3,(H,25,30)(H,28,33)(H,26,27,31). The molecule has 3 N–H and O–H groups in total. The molecule has 1 aliphatic heterocycles. The van der Waals surface area contributed by atoms with Gasteiger partial charge in [0.15, 0.2) is 5.13 Å². The van der Waals surface area contributed by atoms with Crippen molar-refractivity contribution in [2.75, 3.05) is 17.2 Å². The summed E-state index contributed by atoms with van der Waals surface area (Å²) < 4.78 is 0. The first kappa shape index (κ1) is 23.1. The zero-order chi connectivity index (χ0) is 24.5. The van der Waals surface area contributed by atoms with Crippen LogP contribution in [0.3, 0.4) is 0 Å². The van der Waals surface area contributed by atoms with Crippen LogP contribution in [0.2, 0.25) is 0 Å². The van der Waals surface area contributed by atoms with Crippen LogP contribution in [0.15, 0.2) is 53.9 Å². The van der Waals surface area contributed by atoms with E-state index in [9.17, 15) is 19.2 Å². The van der Waals surface area contributed by atoms with Crippen LogP contribution in [0.5, 0.6) is 0 Å². The van der Waals surface area contributed by atoms with Crippen molar-refractivity contribution in [3.63, 3.8) is 0 Å². The van der Waals surface area contributed by atoms with Crippen molar-refractivity contribution in [2.45, 2.75) is 26.3 Å².